The van der Waals surface area contributed by atoms with Crippen molar-refractivity contribution < 1.29 is 0 Å². The van der Waals surface area contributed by atoms with Crippen molar-refractivity contribution in [2.75, 3.05) is 17.3 Å². The van der Waals surface area contributed by atoms with Crippen molar-refractivity contribution in [1.29, 1.82) is 0 Å². The summed E-state index contributed by atoms with van der Waals surface area (Å²) in [7, 11) is 0.510. The van der Waals surface area contributed by atoms with Crippen LogP contribution in [0.5, 0.6) is 0 Å². The third-order valence-corrected chi connectivity index (χ3v) is 7.29. The van der Waals surface area contributed by atoms with E-state index >= 15 is 0 Å². The van der Waals surface area contributed by atoms with E-state index in [1.165, 1.54) is 12.8 Å². The van der Waals surface area contributed by atoms with E-state index in [4.69, 9.17) is 0 Å². The van der Waals surface area contributed by atoms with E-state index < -0.39 is 0 Å². The highest BCUT2D eigenvalue weighted by Crippen LogP contribution is 2.52. The van der Waals surface area contributed by atoms with Crippen LogP contribution in [0.1, 0.15) is 46.0 Å². The van der Waals surface area contributed by atoms with Gasteiger partial charge in [0.2, 0.25) is 0 Å². The van der Waals surface area contributed by atoms with Crippen LogP contribution in [-0.2, 0) is 0 Å². The lowest BCUT2D eigenvalue weighted by Crippen LogP contribution is -2.31. The SMILES string of the molecule is CC(C)C1(C[SH]2CCC2)CCCC1. The Kier molecular flexibility index (Phi) is 2.92. The largest absolute Gasteiger partial charge is 0.253 e. The minimum atomic E-state index is 0.510. The van der Waals surface area contributed by atoms with Crippen molar-refractivity contribution >= 4 is 10.9 Å². The summed E-state index contributed by atoms with van der Waals surface area (Å²) in [5, 5.41) is 0. The molecule has 1 aliphatic carbocycles. The normalized spacial score (nSPS) is 29.3. The average Bonchev–Trinajstić information content (AvgIpc) is 2.46. The summed E-state index contributed by atoms with van der Waals surface area (Å²) in [6, 6.07) is 0. The molecule has 1 saturated carbocycles. The first-order chi connectivity index (χ1) is 6.23. The number of rotatable bonds is 3. The van der Waals surface area contributed by atoms with Gasteiger partial charge in [0, 0.05) is 0 Å². The van der Waals surface area contributed by atoms with Crippen LogP contribution in [0, 0.1) is 11.3 Å². The van der Waals surface area contributed by atoms with Gasteiger partial charge in [0.1, 0.15) is 0 Å². The Balaban J connectivity index is 1.95. The summed E-state index contributed by atoms with van der Waals surface area (Å²) >= 11 is 0. The Morgan fingerprint density at radius 1 is 1.08 bits per heavy atom. The van der Waals surface area contributed by atoms with Crippen LogP contribution in [0.4, 0.5) is 0 Å². The van der Waals surface area contributed by atoms with Crippen molar-refractivity contribution in [2.45, 2.75) is 46.0 Å². The molecule has 1 aliphatic heterocycles. The maximum Gasteiger partial charge on any atom is -0.0194 e. The number of thiol groups is 1. The molecule has 1 heteroatoms. The van der Waals surface area contributed by atoms with Crippen molar-refractivity contribution in [3.63, 3.8) is 0 Å². The lowest BCUT2D eigenvalue weighted by Gasteiger charge is -2.42. The molecule has 0 amide bonds. The third kappa shape index (κ3) is 1.91. The fraction of sp³-hybridized carbons (Fsp3) is 1.00. The molecule has 13 heavy (non-hydrogen) atoms. The molecule has 0 atom stereocenters. The zero-order valence-electron chi connectivity index (χ0n) is 9.18. The van der Waals surface area contributed by atoms with Crippen LogP contribution in [0.15, 0.2) is 0 Å². The van der Waals surface area contributed by atoms with Gasteiger partial charge in [-0.1, -0.05) is 26.7 Å². The predicted molar refractivity (Wildman–Crippen MR) is 63.9 cm³/mol. The van der Waals surface area contributed by atoms with Crippen molar-refractivity contribution in [3.05, 3.63) is 0 Å². The fourth-order valence-corrected chi connectivity index (χ4v) is 5.63. The minimum absolute atomic E-state index is 0.510. The summed E-state index contributed by atoms with van der Waals surface area (Å²) in [6.45, 7) is 4.92. The molecule has 0 radical (unpaired) electrons. The van der Waals surface area contributed by atoms with Gasteiger partial charge in [-0.15, -0.1) is 0 Å². The molecule has 0 aromatic heterocycles. The Labute approximate surface area is 85.8 Å². The zero-order chi connectivity index (χ0) is 9.31. The van der Waals surface area contributed by atoms with E-state index in [2.05, 4.69) is 13.8 Å². The summed E-state index contributed by atoms with van der Waals surface area (Å²) < 4.78 is 0. The second-order valence-electron chi connectivity index (χ2n) is 5.35. The van der Waals surface area contributed by atoms with Crippen LogP contribution < -0.4 is 0 Å². The maximum absolute atomic E-state index is 2.46. The first-order valence-corrected chi connectivity index (χ1v) is 7.85. The van der Waals surface area contributed by atoms with Crippen molar-refractivity contribution in [3.8, 4) is 0 Å². The maximum atomic E-state index is 2.46. The van der Waals surface area contributed by atoms with Gasteiger partial charge in [0.05, 0.1) is 0 Å². The van der Waals surface area contributed by atoms with E-state index in [1.54, 1.807) is 36.5 Å². The van der Waals surface area contributed by atoms with Gasteiger partial charge in [-0.2, -0.15) is 0 Å². The third-order valence-electron chi connectivity index (χ3n) is 4.31. The summed E-state index contributed by atoms with van der Waals surface area (Å²) in [5.74, 6) is 5.77. The Morgan fingerprint density at radius 2 is 1.69 bits per heavy atom. The lowest BCUT2D eigenvalue weighted by atomic mass is 9.77. The zero-order valence-corrected chi connectivity index (χ0v) is 10.1. The molecular weight excluding hydrogens is 176 g/mol. The van der Waals surface area contributed by atoms with Gasteiger partial charge in [-0.25, -0.2) is 0 Å². The van der Waals surface area contributed by atoms with E-state index in [1.807, 2.05) is 0 Å². The minimum Gasteiger partial charge on any atom is -0.253 e. The molecule has 0 unspecified atom stereocenters. The summed E-state index contributed by atoms with van der Waals surface area (Å²) in [5.41, 5.74) is 0.798. The first-order valence-electron chi connectivity index (χ1n) is 5.95. The molecule has 0 N–H and O–H groups in total. The van der Waals surface area contributed by atoms with Crippen LogP contribution in [-0.4, -0.2) is 17.3 Å². The van der Waals surface area contributed by atoms with Gasteiger partial charge in [-0.3, -0.25) is 10.9 Å². The van der Waals surface area contributed by atoms with E-state index in [0.717, 1.165) is 11.3 Å². The van der Waals surface area contributed by atoms with Crippen LogP contribution >= 0.6 is 10.9 Å². The van der Waals surface area contributed by atoms with Gasteiger partial charge in [-0.05, 0) is 47.9 Å². The average molecular weight is 200 g/mol. The smallest absolute Gasteiger partial charge is 0.0194 e. The van der Waals surface area contributed by atoms with Crippen LogP contribution in [0.2, 0.25) is 0 Å². The lowest BCUT2D eigenvalue weighted by molar-refractivity contribution is 0.234. The highest BCUT2D eigenvalue weighted by molar-refractivity contribution is 8.18. The molecule has 2 fully saturated rings. The molecule has 0 aromatic rings. The van der Waals surface area contributed by atoms with Gasteiger partial charge < -0.3 is 0 Å². The molecule has 0 nitrogen and oxygen atoms in total. The Hall–Kier alpha value is 0.350. The molecule has 1 saturated heterocycles. The highest BCUT2D eigenvalue weighted by Gasteiger charge is 2.38. The summed E-state index contributed by atoms with van der Waals surface area (Å²) in [4.78, 5) is 0. The van der Waals surface area contributed by atoms with E-state index in [9.17, 15) is 0 Å². The molecular formula is C12H24S. The molecule has 1 heterocycles. The van der Waals surface area contributed by atoms with Crippen LogP contribution in [0.3, 0.4) is 0 Å². The molecule has 2 rings (SSSR count). The van der Waals surface area contributed by atoms with E-state index in [0.29, 0.717) is 10.9 Å². The van der Waals surface area contributed by atoms with Crippen molar-refractivity contribution in [1.82, 2.24) is 0 Å². The van der Waals surface area contributed by atoms with Crippen molar-refractivity contribution in [2.24, 2.45) is 11.3 Å². The monoisotopic (exact) mass is 200 g/mol. The van der Waals surface area contributed by atoms with E-state index in [-0.39, 0.29) is 0 Å². The highest BCUT2D eigenvalue weighted by atomic mass is 32.2. The number of hydrogen-bond acceptors (Lipinski definition) is 0. The molecule has 2 aliphatic rings. The topological polar surface area (TPSA) is 0 Å². The molecule has 0 aromatic carbocycles. The molecule has 78 valence electrons. The second kappa shape index (κ2) is 3.84. The Bertz CT molecular complexity index is 164. The summed E-state index contributed by atoms with van der Waals surface area (Å²) in [6.07, 6.45) is 7.66. The molecule has 0 spiro atoms. The first kappa shape index (κ1) is 9.89. The standard InChI is InChI=1S/C12H24S/c1-11(2)12(6-3-4-7-12)10-13-8-5-9-13/h11,13H,3-10H2,1-2H3. The second-order valence-corrected chi connectivity index (χ2v) is 7.91. The predicted octanol–water partition coefficient (Wildman–Crippen LogP) is 3.61. The number of hydrogen-bond donors (Lipinski definition) is 1. The van der Waals surface area contributed by atoms with Crippen LogP contribution in [0.25, 0.3) is 0 Å². The quantitative estimate of drug-likeness (QED) is 0.661. The Morgan fingerprint density at radius 3 is 2.08 bits per heavy atom. The van der Waals surface area contributed by atoms with Gasteiger partial charge >= 0.3 is 0 Å². The molecule has 0 bridgehead atoms. The fourth-order valence-electron chi connectivity index (χ4n) is 2.98. The van der Waals surface area contributed by atoms with Gasteiger partial charge in [0.15, 0.2) is 0 Å². The van der Waals surface area contributed by atoms with Gasteiger partial charge in [0.25, 0.3) is 0 Å².